The number of piperidine rings is 1. The molecule has 180 valence electrons. The molecule has 5 rings (SSSR count). The number of amides is 2. The van der Waals surface area contributed by atoms with Gasteiger partial charge in [-0.05, 0) is 61.4 Å². The molecule has 1 fully saturated rings. The number of hydrogen-bond acceptors (Lipinski definition) is 5. The molecule has 0 unspecified atom stereocenters. The van der Waals surface area contributed by atoms with E-state index in [-0.39, 0.29) is 31.4 Å². The molecule has 1 spiro atoms. The van der Waals surface area contributed by atoms with Crippen LogP contribution < -0.4 is 20.1 Å². The Morgan fingerprint density at radius 3 is 2.60 bits per heavy atom. The minimum Gasteiger partial charge on any atom is -0.491 e. The van der Waals surface area contributed by atoms with Gasteiger partial charge in [-0.15, -0.1) is 0 Å². The predicted molar refractivity (Wildman–Crippen MR) is 132 cm³/mol. The van der Waals surface area contributed by atoms with Crippen molar-refractivity contribution in [2.45, 2.75) is 31.2 Å². The molecule has 3 aromatic rings. The first-order valence-corrected chi connectivity index (χ1v) is 11.8. The van der Waals surface area contributed by atoms with E-state index in [0.717, 1.165) is 16.7 Å². The molecule has 1 saturated heterocycles. The molecular formula is C27H25ClN2O5. The van der Waals surface area contributed by atoms with Crippen molar-refractivity contribution in [3.63, 3.8) is 0 Å². The van der Waals surface area contributed by atoms with Crippen LogP contribution in [0.5, 0.6) is 17.2 Å². The van der Waals surface area contributed by atoms with E-state index in [4.69, 9.17) is 26.2 Å². The fourth-order valence-corrected chi connectivity index (χ4v) is 5.11. The zero-order valence-corrected chi connectivity index (χ0v) is 19.9. The lowest BCUT2D eigenvalue weighted by Gasteiger charge is -2.41. The number of halogens is 1. The number of aliphatic hydroxyl groups is 1. The molecule has 3 aromatic carbocycles. The van der Waals surface area contributed by atoms with Crippen LogP contribution in [0.25, 0.3) is 0 Å². The zero-order valence-electron chi connectivity index (χ0n) is 19.1. The standard InChI is InChI=1S/C27H25ClN2O5/c1-16-2-9-23(35-19-6-4-18(5-7-19)34-13-12-31)20(14-16)25-27(11-10-24(32)30-25)21-8-3-17(28)15-22(21)29-26(27)33/h2-9,14-15,25,31H,10-13H2,1H3,(H,29,33)(H,30,32)/t25-,27-/m1/s1. The minimum absolute atomic E-state index is 0.0667. The molecule has 8 heteroatoms. The van der Waals surface area contributed by atoms with Crippen LogP contribution in [0.2, 0.25) is 5.02 Å². The first-order valence-electron chi connectivity index (χ1n) is 11.4. The summed E-state index contributed by atoms with van der Waals surface area (Å²) in [6.07, 6.45) is 0.609. The number of rotatable bonds is 6. The summed E-state index contributed by atoms with van der Waals surface area (Å²) in [6.45, 7) is 2.10. The van der Waals surface area contributed by atoms with Gasteiger partial charge in [-0.25, -0.2) is 0 Å². The van der Waals surface area contributed by atoms with Crippen molar-refractivity contribution in [1.82, 2.24) is 5.32 Å². The zero-order chi connectivity index (χ0) is 24.6. The number of aliphatic hydroxyl groups excluding tert-OH is 1. The Morgan fingerprint density at radius 2 is 1.83 bits per heavy atom. The van der Waals surface area contributed by atoms with Gasteiger partial charge >= 0.3 is 0 Å². The largest absolute Gasteiger partial charge is 0.491 e. The third-order valence-electron chi connectivity index (χ3n) is 6.55. The minimum atomic E-state index is -0.984. The first-order chi connectivity index (χ1) is 16.9. The van der Waals surface area contributed by atoms with E-state index >= 15 is 0 Å². The average Bonchev–Trinajstić information content (AvgIpc) is 3.12. The molecule has 0 radical (unpaired) electrons. The average molecular weight is 493 g/mol. The Labute approximate surface area is 208 Å². The van der Waals surface area contributed by atoms with Gasteiger partial charge in [0.05, 0.1) is 12.6 Å². The van der Waals surface area contributed by atoms with Crippen molar-refractivity contribution in [3.8, 4) is 17.2 Å². The van der Waals surface area contributed by atoms with Crippen molar-refractivity contribution in [3.05, 3.63) is 82.4 Å². The summed E-state index contributed by atoms with van der Waals surface area (Å²) >= 11 is 6.19. The topological polar surface area (TPSA) is 96.9 Å². The van der Waals surface area contributed by atoms with Gasteiger partial charge in [0, 0.05) is 22.7 Å². The Hall–Kier alpha value is -3.55. The highest BCUT2D eigenvalue weighted by Gasteiger charge is 2.56. The maximum Gasteiger partial charge on any atom is 0.237 e. The molecule has 0 saturated carbocycles. The highest BCUT2D eigenvalue weighted by atomic mass is 35.5. The van der Waals surface area contributed by atoms with E-state index in [1.54, 1.807) is 36.4 Å². The molecule has 0 aliphatic carbocycles. The fourth-order valence-electron chi connectivity index (χ4n) is 4.94. The second kappa shape index (κ2) is 9.24. The van der Waals surface area contributed by atoms with Crippen LogP contribution in [0.1, 0.15) is 35.6 Å². The van der Waals surface area contributed by atoms with Gasteiger partial charge in [-0.2, -0.15) is 0 Å². The van der Waals surface area contributed by atoms with Crippen LogP contribution in [-0.2, 0) is 15.0 Å². The Kier molecular flexibility index (Phi) is 6.13. The van der Waals surface area contributed by atoms with E-state index < -0.39 is 11.5 Å². The summed E-state index contributed by atoms with van der Waals surface area (Å²) in [5.41, 5.74) is 2.19. The Morgan fingerprint density at radius 1 is 1.06 bits per heavy atom. The number of nitrogens with one attached hydrogen (secondary N) is 2. The van der Waals surface area contributed by atoms with Crippen molar-refractivity contribution >= 4 is 29.1 Å². The molecule has 2 aliphatic heterocycles. The van der Waals surface area contributed by atoms with E-state index in [2.05, 4.69) is 10.6 Å². The molecule has 0 bridgehead atoms. The van der Waals surface area contributed by atoms with Gasteiger partial charge in [0.15, 0.2) is 0 Å². The van der Waals surface area contributed by atoms with Crippen molar-refractivity contribution in [2.24, 2.45) is 0 Å². The number of carbonyl (C=O) groups is 2. The highest BCUT2D eigenvalue weighted by molar-refractivity contribution is 6.31. The Balaban J connectivity index is 1.56. The van der Waals surface area contributed by atoms with Gasteiger partial charge in [0.1, 0.15) is 29.3 Å². The maximum absolute atomic E-state index is 13.5. The predicted octanol–water partition coefficient (Wildman–Crippen LogP) is 4.65. The Bertz CT molecular complexity index is 1290. The number of anilines is 1. The third-order valence-corrected chi connectivity index (χ3v) is 6.78. The van der Waals surface area contributed by atoms with Crippen LogP contribution in [0, 0.1) is 6.92 Å². The number of carbonyl (C=O) groups excluding carboxylic acids is 2. The molecule has 3 N–H and O–H groups in total. The molecule has 2 atom stereocenters. The van der Waals surface area contributed by atoms with Crippen LogP contribution in [0.3, 0.4) is 0 Å². The molecule has 7 nitrogen and oxygen atoms in total. The quantitative estimate of drug-likeness (QED) is 0.465. The lowest BCUT2D eigenvalue weighted by Crippen LogP contribution is -2.52. The van der Waals surface area contributed by atoms with Crippen molar-refractivity contribution in [2.75, 3.05) is 18.5 Å². The van der Waals surface area contributed by atoms with Gasteiger partial charge in [0.25, 0.3) is 0 Å². The number of hydrogen-bond donors (Lipinski definition) is 3. The van der Waals surface area contributed by atoms with Crippen molar-refractivity contribution < 1.29 is 24.2 Å². The number of fused-ring (bicyclic) bond motifs is 2. The van der Waals surface area contributed by atoms with E-state index in [1.807, 2.05) is 31.2 Å². The van der Waals surface area contributed by atoms with Crippen LogP contribution in [0.15, 0.2) is 60.7 Å². The summed E-state index contributed by atoms with van der Waals surface area (Å²) in [6, 6.07) is 17.5. The summed E-state index contributed by atoms with van der Waals surface area (Å²) < 4.78 is 11.7. The molecule has 2 aliphatic rings. The molecule has 2 amide bonds. The highest BCUT2D eigenvalue weighted by Crippen LogP contribution is 2.53. The lowest BCUT2D eigenvalue weighted by molar-refractivity contribution is -0.130. The molecule has 35 heavy (non-hydrogen) atoms. The van der Waals surface area contributed by atoms with Gasteiger partial charge in [0.2, 0.25) is 11.8 Å². The van der Waals surface area contributed by atoms with Crippen LogP contribution >= 0.6 is 11.6 Å². The summed E-state index contributed by atoms with van der Waals surface area (Å²) in [5, 5.41) is 15.5. The van der Waals surface area contributed by atoms with E-state index in [0.29, 0.717) is 34.4 Å². The number of ether oxygens (including phenoxy) is 2. The normalized spacial score (nSPS) is 20.8. The van der Waals surface area contributed by atoms with Gasteiger partial charge in [-0.1, -0.05) is 35.4 Å². The smallest absolute Gasteiger partial charge is 0.237 e. The van der Waals surface area contributed by atoms with Gasteiger partial charge < -0.3 is 25.2 Å². The second-order valence-corrected chi connectivity index (χ2v) is 9.24. The van der Waals surface area contributed by atoms with Crippen molar-refractivity contribution in [1.29, 1.82) is 0 Å². The maximum atomic E-state index is 13.5. The summed E-state index contributed by atoms with van der Waals surface area (Å²) in [4.78, 5) is 26.1. The van der Waals surface area contributed by atoms with Crippen LogP contribution in [0.4, 0.5) is 5.69 Å². The first kappa shape index (κ1) is 23.2. The van der Waals surface area contributed by atoms with E-state index in [9.17, 15) is 9.59 Å². The third kappa shape index (κ3) is 4.22. The SMILES string of the molecule is Cc1ccc(Oc2ccc(OCCO)cc2)c([C@H]2NC(=O)CC[C@]23C(=O)Nc2cc(Cl)ccc23)c1. The van der Waals surface area contributed by atoms with Gasteiger partial charge in [-0.3, -0.25) is 9.59 Å². The van der Waals surface area contributed by atoms with Crippen LogP contribution in [-0.4, -0.2) is 30.1 Å². The molecular weight excluding hydrogens is 468 g/mol. The fraction of sp³-hybridized carbons (Fsp3) is 0.259. The van der Waals surface area contributed by atoms with E-state index in [1.165, 1.54) is 0 Å². The lowest BCUT2D eigenvalue weighted by atomic mass is 9.67. The number of benzene rings is 3. The monoisotopic (exact) mass is 492 g/mol. The summed E-state index contributed by atoms with van der Waals surface area (Å²) in [7, 11) is 0. The second-order valence-electron chi connectivity index (χ2n) is 8.80. The number of aryl methyl sites for hydroxylation is 1. The molecule has 0 aromatic heterocycles. The molecule has 2 heterocycles. The summed E-state index contributed by atoms with van der Waals surface area (Å²) in [5.74, 6) is 1.45.